The van der Waals surface area contributed by atoms with Crippen molar-refractivity contribution >= 4 is 15.9 Å². The predicted octanol–water partition coefficient (Wildman–Crippen LogP) is 2.22. The molecular formula is C8H6BrNO. The van der Waals surface area contributed by atoms with Crippen LogP contribution in [0.3, 0.4) is 0 Å². The third-order valence-electron chi connectivity index (χ3n) is 1.29. The van der Waals surface area contributed by atoms with Gasteiger partial charge in [-0.15, -0.1) is 0 Å². The third-order valence-corrected chi connectivity index (χ3v) is 1.96. The number of rotatable bonds is 1. The second-order valence-corrected chi connectivity index (χ2v) is 2.97. The van der Waals surface area contributed by atoms with E-state index in [2.05, 4.69) is 15.9 Å². The van der Waals surface area contributed by atoms with Crippen molar-refractivity contribution in [3.63, 3.8) is 0 Å². The van der Waals surface area contributed by atoms with Gasteiger partial charge < -0.3 is 5.11 Å². The van der Waals surface area contributed by atoms with E-state index in [1.165, 1.54) is 0 Å². The largest absolute Gasteiger partial charge is 0.507 e. The summed E-state index contributed by atoms with van der Waals surface area (Å²) in [5.41, 5.74) is 0.827. The summed E-state index contributed by atoms with van der Waals surface area (Å²) >= 11 is 3.15. The highest BCUT2D eigenvalue weighted by molar-refractivity contribution is 9.10. The first-order chi connectivity index (χ1) is 5.24. The van der Waals surface area contributed by atoms with Crippen LogP contribution in [0.4, 0.5) is 0 Å². The SMILES string of the molecule is N#CCc1ccc(Br)c(O)c1. The van der Waals surface area contributed by atoms with Crippen molar-refractivity contribution in [3.8, 4) is 11.8 Å². The van der Waals surface area contributed by atoms with E-state index in [1.807, 2.05) is 6.07 Å². The Morgan fingerprint density at radius 1 is 1.55 bits per heavy atom. The summed E-state index contributed by atoms with van der Waals surface area (Å²) in [7, 11) is 0. The zero-order chi connectivity index (χ0) is 8.27. The van der Waals surface area contributed by atoms with E-state index < -0.39 is 0 Å². The van der Waals surface area contributed by atoms with Crippen LogP contribution in [0, 0.1) is 11.3 Å². The monoisotopic (exact) mass is 211 g/mol. The smallest absolute Gasteiger partial charge is 0.130 e. The molecule has 0 saturated heterocycles. The van der Waals surface area contributed by atoms with Crippen LogP contribution >= 0.6 is 15.9 Å². The highest BCUT2D eigenvalue weighted by Gasteiger charge is 1.97. The maximum atomic E-state index is 9.17. The zero-order valence-electron chi connectivity index (χ0n) is 5.71. The molecule has 0 bridgehead atoms. The summed E-state index contributed by atoms with van der Waals surface area (Å²) in [6.45, 7) is 0. The molecule has 0 fully saturated rings. The maximum absolute atomic E-state index is 9.17. The second kappa shape index (κ2) is 3.40. The van der Waals surface area contributed by atoms with Gasteiger partial charge in [-0.1, -0.05) is 6.07 Å². The number of benzene rings is 1. The van der Waals surface area contributed by atoms with E-state index in [1.54, 1.807) is 18.2 Å². The van der Waals surface area contributed by atoms with Crippen LogP contribution in [0.2, 0.25) is 0 Å². The van der Waals surface area contributed by atoms with E-state index >= 15 is 0 Å². The standard InChI is InChI=1S/C8H6BrNO/c9-7-2-1-6(3-4-10)5-8(7)11/h1-2,5,11H,3H2. The number of halogens is 1. The number of nitrogens with zero attached hydrogens (tertiary/aromatic N) is 1. The Hall–Kier alpha value is -1.01. The lowest BCUT2D eigenvalue weighted by atomic mass is 10.2. The topological polar surface area (TPSA) is 44.0 Å². The Morgan fingerprint density at radius 2 is 2.27 bits per heavy atom. The van der Waals surface area contributed by atoms with Crippen LogP contribution in [0.5, 0.6) is 5.75 Å². The fourth-order valence-corrected chi connectivity index (χ4v) is 1.01. The molecule has 0 radical (unpaired) electrons. The number of nitriles is 1. The molecule has 1 N–H and O–H groups in total. The molecule has 3 heteroatoms. The lowest BCUT2D eigenvalue weighted by molar-refractivity contribution is 0.471. The Morgan fingerprint density at radius 3 is 2.82 bits per heavy atom. The minimum Gasteiger partial charge on any atom is -0.507 e. The van der Waals surface area contributed by atoms with Gasteiger partial charge in [-0.05, 0) is 33.6 Å². The lowest BCUT2D eigenvalue weighted by Crippen LogP contribution is -1.80. The zero-order valence-corrected chi connectivity index (χ0v) is 7.30. The molecule has 2 nitrogen and oxygen atoms in total. The number of hydrogen-bond donors (Lipinski definition) is 1. The average molecular weight is 212 g/mol. The van der Waals surface area contributed by atoms with Gasteiger partial charge in [-0.2, -0.15) is 5.26 Å². The van der Waals surface area contributed by atoms with E-state index in [0.29, 0.717) is 10.9 Å². The van der Waals surface area contributed by atoms with Crippen LogP contribution in [0.25, 0.3) is 0 Å². The summed E-state index contributed by atoms with van der Waals surface area (Å²) in [5.74, 6) is 0.178. The Labute approximate surface area is 73.2 Å². The molecule has 1 rings (SSSR count). The summed E-state index contributed by atoms with van der Waals surface area (Å²) in [4.78, 5) is 0. The summed E-state index contributed by atoms with van der Waals surface area (Å²) in [5, 5.41) is 17.5. The van der Waals surface area contributed by atoms with E-state index in [0.717, 1.165) is 5.56 Å². The second-order valence-electron chi connectivity index (χ2n) is 2.12. The van der Waals surface area contributed by atoms with Crippen molar-refractivity contribution < 1.29 is 5.11 Å². The number of phenolic OH excluding ortho intramolecular Hbond substituents is 1. The molecule has 0 aliphatic carbocycles. The molecule has 1 aromatic rings. The summed E-state index contributed by atoms with van der Waals surface area (Å²) in [6, 6.07) is 7.10. The van der Waals surface area contributed by atoms with E-state index in [4.69, 9.17) is 5.26 Å². The van der Waals surface area contributed by atoms with Crippen LogP contribution in [-0.2, 0) is 6.42 Å². The first-order valence-corrected chi connectivity index (χ1v) is 3.87. The molecule has 0 aliphatic rings. The van der Waals surface area contributed by atoms with E-state index in [-0.39, 0.29) is 5.75 Å². The van der Waals surface area contributed by atoms with Crippen LogP contribution in [0.15, 0.2) is 22.7 Å². The molecule has 0 unspecified atom stereocenters. The molecule has 56 valence electrons. The molecule has 0 heterocycles. The van der Waals surface area contributed by atoms with Gasteiger partial charge in [-0.25, -0.2) is 0 Å². The Balaban J connectivity index is 2.98. The molecular weight excluding hydrogens is 206 g/mol. The fourth-order valence-electron chi connectivity index (χ4n) is 0.759. The number of aromatic hydroxyl groups is 1. The van der Waals surface area contributed by atoms with Crippen molar-refractivity contribution in [2.24, 2.45) is 0 Å². The van der Waals surface area contributed by atoms with Crippen molar-refractivity contribution in [1.82, 2.24) is 0 Å². The van der Waals surface area contributed by atoms with Gasteiger partial charge in [0.25, 0.3) is 0 Å². The van der Waals surface area contributed by atoms with Gasteiger partial charge in [-0.3, -0.25) is 0 Å². The Bertz CT molecular complexity index is 303. The highest BCUT2D eigenvalue weighted by Crippen LogP contribution is 2.24. The van der Waals surface area contributed by atoms with Crippen molar-refractivity contribution in [3.05, 3.63) is 28.2 Å². The first-order valence-electron chi connectivity index (χ1n) is 3.08. The van der Waals surface area contributed by atoms with Crippen LogP contribution in [0.1, 0.15) is 5.56 Å². The minimum atomic E-state index is 0.178. The third kappa shape index (κ3) is 1.95. The highest BCUT2D eigenvalue weighted by atomic mass is 79.9. The van der Waals surface area contributed by atoms with Gasteiger partial charge in [0.15, 0.2) is 0 Å². The predicted molar refractivity (Wildman–Crippen MR) is 45.1 cm³/mol. The molecule has 0 aromatic heterocycles. The lowest BCUT2D eigenvalue weighted by Gasteiger charge is -1.97. The van der Waals surface area contributed by atoms with Crippen LogP contribution < -0.4 is 0 Å². The molecule has 11 heavy (non-hydrogen) atoms. The van der Waals surface area contributed by atoms with E-state index in [9.17, 15) is 5.11 Å². The average Bonchev–Trinajstić information content (AvgIpc) is 1.98. The summed E-state index contributed by atoms with van der Waals surface area (Å²) in [6.07, 6.45) is 0.334. The summed E-state index contributed by atoms with van der Waals surface area (Å²) < 4.78 is 0.652. The number of phenols is 1. The Kier molecular flexibility index (Phi) is 2.50. The normalized spacial score (nSPS) is 9.09. The fraction of sp³-hybridized carbons (Fsp3) is 0.125. The van der Waals surface area contributed by atoms with Gasteiger partial charge in [0, 0.05) is 0 Å². The first kappa shape index (κ1) is 8.09. The molecule has 0 spiro atoms. The van der Waals surface area contributed by atoms with Crippen LogP contribution in [-0.4, -0.2) is 5.11 Å². The quantitative estimate of drug-likeness (QED) is 0.775. The molecule has 0 atom stereocenters. The van der Waals surface area contributed by atoms with Gasteiger partial charge in [0.2, 0.25) is 0 Å². The van der Waals surface area contributed by atoms with Gasteiger partial charge >= 0.3 is 0 Å². The molecule has 0 amide bonds. The maximum Gasteiger partial charge on any atom is 0.130 e. The minimum absolute atomic E-state index is 0.178. The van der Waals surface area contributed by atoms with Gasteiger partial charge in [0.05, 0.1) is 17.0 Å². The number of hydrogen-bond acceptors (Lipinski definition) is 2. The van der Waals surface area contributed by atoms with Gasteiger partial charge in [0.1, 0.15) is 5.75 Å². The van der Waals surface area contributed by atoms with Crippen molar-refractivity contribution in [1.29, 1.82) is 5.26 Å². The van der Waals surface area contributed by atoms with Crippen molar-refractivity contribution in [2.45, 2.75) is 6.42 Å². The molecule has 0 aliphatic heterocycles. The van der Waals surface area contributed by atoms with Crippen molar-refractivity contribution in [2.75, 3.05) is 0 Å². The molecule has 0 saturated carbocycles. The molecule has 1 aromatic carbocycles.